The maximum Gasteiger partial charge on any atom is 0.454 e. The van der Waals surface area contributed by atoms with E-state index in [2.05, 4.69) is 0 Å². The molecule has 0 aliphatic carbocycles. The molecular weight excluding hydrogens is 671 g/mol. The maximum atomic E-state index is 15.2. The molecule has 0 amide bonds. The lowest BCUT2D eigenvalue weighted by Gasteiger charge is -2.42. The predicted octanol–water partition coefficient (Wildman–Crippen LogP) is 9.43. The molecule has 2 aliphatic heterocycles. The van der Waals surface area contributed by atoms with Crippen LogP contribution in [-0.4, -0.2) is 45.6 Å². The van der Waals surface area contributed by atoms with Crippen molar-refractivity contribution in [2.24, 2.45) is 0 Å². The van der Waals surface area contributed by atoms with Gasteiger partial charge in [-0.3, -0.25) is 4.79 Å². The minimum atomic E-state index is -5.61. The van der Waals surface area contributed by atoms with Crippen LogP contribution in [0, 0.1) is 0 Å². The maximum absolute atomic E-state index is 15.2. The van der Waals surface area contributed by atoms with E-state index in [0.717, 1.165) is 44.2 Å². The summed E-state index contributed by atoms with van der Waals surface area (Å²) in [7, 11) is 2.73. The highest BCUT2D eigenvalue weighted by atomic mass is 32.2. The van der Waals surface area contributed by atoms with Crippen LogP contribution < -0.4 is 4.74 Å². The quantitative estimate of drug-likeness (QED) is 0.157. The van der Waals surface area contributed by atoms with Crippen molar-refractivity contribution >= 4 is 40.1 Å². The minimum absolute atomic E-state index is 0.000854. The summed E-state index contributed by atoms with van der Waals surface area (Å²) in [5, 5.41) is -0.902. The van der Waals surface area contributed by atoms with E-state index in [1.54, 1.807) is 0 Å². The molecule has 2 heterocycles. The third-order valence-electron chi connectivity index (χ3n) is 8.13. The number of benzene rings is 4. The number of ketones is 1. The lowest BCUT2D eigenvalue weighted by molar-refractivity contribution is -0.260. The molecule has 0 fully saturated rings. The first-order valence-electron chi connectivity index (χ1n) is 13.1. The van der Waals surface area contributed by atoms with Gasteiger partial charge < -0.3 is 14.2 Å². The van der Waals surface area contributed by atoms with Gasteiger partial charge in [0.15, 0.2) is 0 Å². The highest BCUT2D eigenvalue weighted by Crippen LogP contribution is 2.62. The number of fused-ring (bicyclic) bond motifs is 7. The number of methoxy groups -OCH3 is 3. The molecule has 15 heteroatoms. The van der Waals surface area contributed by atoms with Crippen molar-refractivity contribution in [2.45, 2.75) is 49.3 Å². The molecule has 0 radical (unpaired) electrons. The second-order valence-corrected chi connectivity index (χ2v) is 12.4. The van der Waals surface area contributed by atoms with Gasteiger partial charge in [0, 0.05) is 67.0 Å². The van der Waals surface area contributed by atoms with Crippen LogP contribution in [0.5, 0.6) is 5.75 Å². The van der Waals surface area contributed by atoms with Crippen molar-refractivity contribution < 1.29 is 58.5 Å². The Kier molecular flexibility index (Phi) is 7.47. The van der Waals surface area contributed by atoms with Crippen LogP contribution in [0.25, 0.3) is 10.8 Å². The average molecular weight is 691 g/mol. The normalized spacial score (nSPS) is 20.9. The van der Waals surface area contributed by atoms with Gasteiger partial charge in [0.05, 0.1) is 7.11 Å². The molecule has 46 heavy (non-hydrogen) atoms. The standard InChI is InChI=1S/C31H19F9O4S2/c1-42-14-8-11-22-19(12-14)28(44-3,31(38,39)40)20-13-16(26(41)29(32,33)34)23-15(24(20)45-22)9-10-18-25(23)46-21-7-5-4-6-17(21)27(18,43-2)30(35,36)37/h4-13H,1-3H3. The van der Waals surface area contributed by atoms with E-state index in [-0.39, 0.29) is 31.4 Å². The van der Waals surface area contributed by atoms with E-state index in [1.165, 1.54) is 43.5 Å². The molecule has 0 spiro atoms. The lowest BCUT2D eigenvalue weighted by Crippen LogP contribution is -2.47. The van der Waals surface area contributed by atoms with E-state index < -0.39 is 68.0 Å². The summed E-state index contributed by atoms with van der Waals surface area (Å²) in [5.41, 5.74) is -10.1. The van der Waals surface area contributed by atoms with Crippen LogP contribution in [0.3, 0.4) is 0 Å². The van der Waals surface area contributed by atoms with Crippen LogP contribution >= 0.6 is 23.5 Å². The molecule has 4 aromatic carbocycles. The summed E-state index contributed by atoms with van der Waals surface area (Å²) in [4.78, 5) is 12.4. The highest BCUT2D eigenvalue weighted by molar-refractivity contribution is 8.00. The molecular formula is C31H19F9O4S2. The van der Waals surface area contributed by atoms with Crippen molar-refractivity contribution in [3.05, 3.63) is 88.5 Å². The summed E-state index contributed by atoms with van der Waals surface area (Å²) in [6, 6.07) is 11.3. The Labute approximate surface area is 263 Å². The number of carbonyl (C=O) groups excluding carboxylic acids is 1. The first-order chi connectivity index (χ1) is 21.5. The van der Waals surface area contributed by atoms with Crippen LogP contribution in [0.2, 0.25) is 0 Å². The van der Waals surface area contributed by atoms with Gasteiger partial charge in [0.25, 0.3) is 5.78 Å². The monoisotopic (exact) mass is 690 g/mol. The summed E-state index contributed by atoms with van der Waals surface area (Å²) < 4.78 is 149. The van der Waals surface area contributed by atoms with Crippen molar-refractivity contribution in [2.75, 3.05) is 21.3 Å². The van der Waals surface area contributed by atoms with Crippen LogP contribution in [0.1, 0.15) is 32.6 Å². The molecule has 242 valence electrons. The van der Waals surface area contributed by atoms with E-state index in [0.29, 0.717) is 17.8 Å². The highest BCUT2D eigenvalue weighted by Gasteiger charge is 2.64. The Balaban J connectivity index is 1.81. The van der Waals surface area contributed by atoms with Gasteiger partial charge in [-0.2, -0.15) is 39.5 Å². The molecule has 0 saturated heterocycles. The van der Waals surface area contributed by atoms with Crippen molar-refractivity contribution in [3.63, 3.8) is 0 Å². The second-order valence-electron chi connectivity index (χ2n) is 10.3. The summed E-state index contributed by atoms with van der Waals surface area (Å²) in [6.07, 6.45) is -16.1. The molecule has 2 atom stereocenters. The summed E-state index contributed by atoms with van der Waals surface area (Å²) >= 11 is 1.41. The van der Waals surface area contributed by atoms with Gasteiger partial charge in [0.1, 0.15) is 5.75 Å². The van der Waals surface area contributed by atoms with Crippen LogP contribution in [-0.2, 0) is 20.7 Å². The Bertz CT molecular complexity index is 1920. The zero-order valence-electron chi connectivity index (χ0n) is 23.6. The number of rotatable bonds is 4. The Morgan fingerprint density at radius 1 is 0.652 bits per heavy atom. The number of hydrogen-bond acceptors (Lipinski definition) is 6. The zero-order valence-corrected chi connectivity index (χ0v) is 25.3. The third-order valence-corrected chi connectivity index (χ3v) is 10.6. The van der Waals surface area contributed by atoms with Gasteiger partial charge in [0.2, 0.25) is 11.2 Å². The molecule has 2 aliphatic rings. The molecule has 6 rings (SSSR count). The minimum Gasteiger partial charge on any atom is -0.497 e. The third kappa shape index (κ3) is 4.31. The molecule has 2 unspecified atom stereocenters. The van der Waals surface area contributed by atoms with Crippen LogP contribution in [0.4, 0.5) is 39.5 Å². The molecule has 0 saturated carbocycles. The number of halogens is 9. The fourth-order valence-corrected chi connectivity index (χ4v) is 8.78. The number of carbonyl (C=O) groups is 1. The lowest BCUT2D eigenvalue weighted by atomic mass is 9.79. The Hall–Kier alpha value is -3.40. The SMILES string of the molecule is COc1ccc2c(c1)C(OC)(C(F)(F)F)c1cc(C(=O)C(F)(F)F)c3c4c(ccc3c1S2)C(OC)(C(F)(F)F)c1ccccc1S4. The number of alkyl halides is 9. The topological polar surface area (TPSA) is 44.8 Å². The predicted molar refractivity (Wildman–Crippen MR) is 150 cm³/mol. The zero-order chi connectivity index (χ0) is 33.6. The molecule has 4 aromatic rings. The largest absolute Gasteiger partial charge is 0.497 e. The smallest absolute Gasteiger partial charge is 0.454 e. The van der Waals surface area contributed by atoms with Gasteiger partial charge in [-0.1, -0.05) is 53.9 Å². The van der Waals surface area contributed by atoms with E-state index in [1.807, 2.05) is 0 Å². The second kappa shape index (κ2) is 10.6. The van der Waals surface area contributed by atoms with Crippen molar-refractivity contribution in [1.29, 1.82) is 0 Å². The fraction of sp³-hybridized carbons (Fsp3) is 0.258. The van der Waals surface area contributed by atoms with E-state index >= 15 is 26.3 Å². The van der Waals surface area contributed by atoms with Gasteiger partial charge in [-0.25, -0.2) is 0 Å². The van der Waals surface area contributed by atoms with Gasteiger partial charge in [-0.05, 0) is 35.7 Å². The average Bonchev–Trinajstić information content (AvgIpc) is 2.99. The fourth-order valence-electron chi connectivity index (χ4n) is 6.19. The van der Waals surface area contributed by atoms with Crippen LogP contribution in [0.15, 0.2) is 80.2 Å². The number of hydrogen-bond donors (Lipinski definition) is 0. The van der Waals surface area contributed by atoms with Crippen molar-refractivity contribution in [1.82, 2.24) is 0 Å². The number of Topliss-reactive ketones (excluding diaryl/α,β-unsaturated/α-hetero) is 1. The summed E-state index contributed by atoms with van der Waals surface area (Å²) in [6.45, 7) is 0. The van der Waals surface area contributed by atoms with Gasteiger partial charge >= 0.3 is 18.5 Å². The molecule has 0 N–H and O–H groups in total. The first-order valence-corrected chi connectivity index (χ1v) is 14.7. The molecule has 0 aromatic heterocycles. The Morgan fingerprint density at radius 2 is 1.24 bits per heavy atom. The van der Waals surface area contributed by atoms with E-state index in [9.17, 15) is 18.0 Å². The van der Waals surface area contributed by atoms with Crippen molar-refractivity contribution in [3.8, 4) is 5.75 Å². The Morgan fingerprint density at radius 3 is 1.83 bits per heavy atom. The molecule has 4 nitrogen and oxygen atoms in total. The number of ether oxygens (including phenoxy) is 3. The molecule has 0 bridgehead atoms. The van der Waals surface area contributed by atoms with Gasteiger partial charge in [-0.15, -0.1) is 0 Å². The first kappa shape index (κ1) is 32.5. The summed E-state index contributed by atoms with van der Waals surface area (Å²) in [5.74, 6) is -2.55. The van der Waals surface area contributed by atoms with E-state index in [4.69, 9.17) is 14.2 Å².